The molecule has 4 aromatic rings. The van der Waals surface area contributed by atoms with Gasteiger partial charge in [0.05, 0.1) is 42.1 Å². The first-order chi connectivity index (χ1) is 18.0. The Morgan fingerprint density at radius 2 is 1.71 bits per heavy atom. The summed E-state index contributed by atoms with van der Waals surface area (Å²) in [5.74, 6) is -1.10. The van der Waals surface area contributed by atoms with Crippen molar-refractivity contribution in [2.75, 3.05) is 24.8 Å². The van der Waals surface area contributed by atoms with E-state index in [1.54, 1.807) is 27.0 Å². The number of aryl methyl sites for hydroxylation is 1. The molecule has 0 bridgehead atoms. The third-order valence-corrected chi connectivity index (χ3v) is 5.39. The Hall–Kier alpha value is -4.72. The summed E-state index contributed by atoms with van der Waals surface area (Å²) in [5, 5.41) is 31.1. The van der Waals surface area contributed by atoms with E-state index in [9.17, 15) is 18.7 Å². The van der Waals surface area contributed by atoms with Crippen LogP contribution < -0.4 is 20.7 Å². The van der Waals surface area contributed by atoms with Crippen molar-refractivity contribution in [1.29, 1.82) is 0 Å². The minimum Gasteiger partial charge on any atom is -0.494 e. The zero-order valence-corrected chi connectivity index (χ0v) is 21.2. The molecule has 0 atom stereocenters. The van der Waals surface area contributed by atoms with E-state index in [0.717, 1.165) is 24.5 Å². The SMILES string of the molecule is CNC(=O)c1nnc(Nc2cc(C(C)(C)O)n(C)n2)cc1Nc1cc(F)cc(-c2ncc(F)cn2)c1OC. The number of anilines is 4. The molecule has 0 spiro atoms. The lowest BCUT2D eigenvalue weighted by molar-refractivity contribution is 0.0695. The van der Waals surface area contributed by atoms with E-state index in [-0.39, 0.29) is 40.0 Å². The van der Waals surface area contributed by atoms with E-state index < -0.39 is 23.1 Å². The zero-order chi connectivity index (χ0) is 27.6. The summed E-state index contributed by atoms with van der Waals surface area (Å²) >= 11 is 0. The van der Waals surface area contributed by atoms with Gasteiger partial charge in [0.15, 0.2) is 34.7 Å². The summed E-state index contributed by atoms with van der Waals surface area (Å²) in [7, 11) is 4.48. The van der Waals surface area contributed by atoms with Crippen LogP contribution in [0, 0.1) is 11.6 Å². The fourth-order valence-corrected chi connectivity index (χ4v) is 3.74. The van der Waals surface area contributed by atoms with Gasteiger partial charge in [-0.1, -0.05) is 0 Å². The Morgan fingerprint density at radius 1 is 1.00 bits per heavy atom. The Bertz CT molecular complexity index is 1480. The molecule has 0 aliphatic carbocycles. The Kier molecular flexibility index (Phi) is 7.17. The lowest BCUT2D eigenvalue weighted by atomic mass is 10.1. The summed E-state index contributed by atoms with van der Waals surface area (Å²) in [5.41, 5.74) is -0.222. The van der Waals surface area contributed by atoms with Crippen molar-refractivity contribution in [2.24, 2.45) is 7.05 Å². The highest BCUT2D eigenvalue weighted by atomic mass is 19.1. The Morgan fingerprint density at radius 3 is 2.32 bits per heavy atom. The van der Waals surface area contributed by atoms with Crippen LogP contribution >= 0.6 is 0 Å². The summed E-state index contributed by atoms with van der Waals surface area (Å²) in [4.78, 5) is 20.3. The molecule has 3 aromatic heterocycles. The van der Waals surface area contributed by atoms with Gasteiger partial charge >= 0.3 is 0 Å². The van der Waals surface area contributed by atoms with Crippen LogP contribution in [0.25, 0.3) is 11.4 Å². The molecular formula is C24H25F2N9O3. The van der Waals surface area contributed by atoms with Crippen LogP contribution in [0.1, 0.15) is 30.0 Å². The van der Waals surface area contributed by atoms with Crippen LogP contribution in [0.2, 0.25) is 0 Å². The first-order valence-electron chi connectivity index (χ1n) is 11.3. The molecule has 4 N–H and O–H groups in total. The number of halogens is 2. The van der Waals surface area contributed by atoms with Crippen molar-refractivity contribution >= 4 is 28.9 Å². The predicted octanol–water partition coefficient (Wildman–Crippen LogP) is 3.03. The maximum Gasteiger partial charge on any atom is 0.273 e. The van der Waals surface area contributed by atoms with Crippen LogP contribution in [-0.2, 0) is 12.6 Å². The lowest BCUT2D eigenvalue weighted by Crippen LogP contribution is -2.21. The largest absolute Gasteiger partial charge is 0.494 e. The van der Waals surface area contributed by atoms with Gasteiger partial charge in [0.2, 0.25) is 0 Å². The molecule has 38 heavy (non-hydrogen) atoms. The number of ether oxygens (including phenoxy) is 1. The molecule has 0 fully saturated rings. The standard InChI is InChI=1S/C24H25F2N9O3/c1-24(2,37)17-9-19(34-35(17)4)31-18-8-15(20(33-32-18)23(36)27-3)30-16-7-12(25)6-14(21(16)38-5)22-28-10-13(26)11-29-22/h6-11,37H,1-5H3,(H,27,36)(H2,30,31,32,34). The lowest BCUT2D eigenvalue weighted by Gasteiger charge is -2.17. The minimum absolute atomic E-state index is 0.0327. The number of amides is 1. The molecule has 12 nitrogen and oxygen atoms in total. The number of aliphatic hydroxyl groups is 1. The number of rotatable bonds is 8. The molecule has 0 saturated carbocycles. The number of methoxy groups -OCH3 is 1. The van der Waals surface area contributed by atoms with Crippen molar-refractivity contribution in [3.63, 3.8) is 0 Å². The third-order valence-electron chi connectivity index (χ3n) is 5.39. The third kappa shape index (κ3) is 5.49. The van der Waals surface area contributed by atoms with E-state index in [0.29, 0.717) is 11.5 Å². The van der Waals surface area contributed by atoms with Gasteiger partial charge in [-0.25, -0.2) is 18.7 Å². The van der Waals surface area contributed by atoms with Gasteiger partial charge in [-0.05, 0) is 19.9 Å². The number of nitrogens with zero attached hydrogens (tertiary/aromatic N) is 6. The molecule has 14 heteroatoms. The zero-order valence-electron chi connectivity index (χ0n) is 21.2. The van der Waals surface area contributed by atoms with Gasteiger partial charge in [-0.15, -0.1) is 10.2 Å². The van der Waals surface area contributed by atoms with Crippen molar-refractivity contribution in [3.05, 3.63) is 59.7 Å². The molecular weight excluding hydrogens is 500 g/mol. The maximum absolute atomic E-state index is 14.7. The topological polar surface area (TPSA) is 152 Å². The molecule has 198 valence electrons. The van der Waals surface area contributed by atoms with Crippen LogP contribution in [0.3, 0.4) is 0 Å². The number of hydrogen-bond donors (Lipinski definition) is 4. The van der Waals surface area contributed by atoms with Crippen molar-refractivity contribution in [3.8, 4) is 17.1 Å². The van der Waals surface area contributed by atoms with E-state index in [1.807, 2.05) is 0 Å². The van der Waals surface area contributed by atoms with Gasteiger partial charge in [0, 0.05) is 32.3 Å². The maximum atomic E-state index is 14.7. The van der Waals surface area contributed by atoms with E-state index in [4.69, 9.17) is 4.74 Å². The van der Waals surface area contributed by atoms with Gasteiger partial charge in [0.1, 0.15) is 11.4 Å². The summed E-state index contributed by atoms with van der Waals surface area (Å²) in [6.07, 6.45) is 1.91. The smallest absolute Gasteiger partial charge is 0.273 e. The highest BCUT2D eigenvalue weighted by Crippen LogP contribution is 2.38. The van der Waals surface area contributed by atoms with Gasteiger partial charge < -0.3 is 25.8 Å². The van der Waals surface area contributed by atoms with Crippen molar-refractivity contribution < 1.29 is 23.4 Å². The second-order valence-electron chi connectivity index (χ2n) is 8.68. The number of aromatic nitrogens is 6. The highest BCUT2D eigenvalue weighted by Gasteiger charge is 2.23. The molecule has 0 unspecified atom stereocenters. The number of hydrogen-bond acceptors (Lipinski definition) is 10. The van der Waals surface area contributed by atoms with Gasteiger partial charge in [0.25, 0.3) is 5.91 Å². The van der Waals surface area contributed by atoms with Crippen molar-refractivity contribution in [1.82, 2.24) is 35.3 Å². The van der Waals surface area contributed by atoms with Crippen LogP contribution in [-0.4, -0.2) is 55.1 Å². The van der Waals surface area contributed by atoms with Crippen molar-refractivity contribution in [2.45, 2.75) is 19.4 Å². The van der Waals surface area contributed by atoms with E-state index >= 15 is 0 Å². The monoisotopic (exact) mass is 525 g/mol. The van der Waals surface area contributed by atoms with Crippen LogP contribution in [0.4, 0.5) is 31.8 Å². The summed E-state index contributed by atoms with van der Waals surface area (Å²) < 4.78 is 35.0. The van der Waals surface area contributed by atoms with E-state index in [1.165, 1.54) is 24.9 Å². The molecule has 0 aliphatic heterocycles. The van der Waals surface area contributed by atoms with Gasteiger partial charge in [-0.2, -0.15) is 5.10 Å². The second kappa shape index (κ2) is 10.3. The summed E-state index contributed by atoms with van der Waals surface area (Å²) in [6.45, 7) is 3.26. The predicted molar refractivity (Wildman–Crippen MR) is 134 cm³/mol. The normalized spacial score (nSPS) is 11.3. The average molecular weight is 526 g/mol. The fraction of sp³-hybridized carbons (Fsp3) is 0.250. The molecule has 0 saturated heterocycles. The van der Waals surface area contributed by atoms with E-state index in [2.05, 4.69) is 41.2 Å². The fourth-order valence-electron chi connectivity index (χ4n) is 3.74. The van der Waals surface area contributed by atoms with Crippen LogP contribution in [0.15, 0.2) is 36.7 Å². The molecule has 0 aliphatic rings. The quantitative estimate of drug-likeness (QED) is 0.270. The average Bonchev–Trinajstić information content (AvgIpc) is 3.24. The minimum atomic E-state index is -1.14. The number of carbonyl (C=O) groups is 1. The second-order valence-corrected chi connectivity index (χ2v) is 8.68. The molecule has 0 radical (unpaired) electrons. The first kappa shape index (κ1) is 26.3. The molecule has 4 rings (SSSR count). The van der Waals surface area contributed by atoms with Crippen LogP contribution in [0.5, 0.6) is 5.75 Å². The Labute approximate surface area is 216 Å². The first-order valence-corrected chi connectivity index (χ1v) is 11.3. The van der Waals surface area contributed by atoms with Gasteiger partial charge in [-0.3, -0.25) is 9.48 Å². The molecule has 3 heterocycles. The number of carbonyl (C=O) groups excluding carboxylic acids is 1. The number of benzene rings is 1. The highest BCUT2D eigenvalue weighted by molar-refractivity contribution is 5.99. The molecule has 1 aromatic carbocycles. The number of nitrogens with one attached hydrogen (secondary N) is 3. The summed E-state index contributed by atoms with van der Waals surface area (Å²) in [6, 6.07) is 5.43. The Balaban J connectivity index is 1.76. The molecule has 1 amide bonds.